The Morgan fingerprint density at radius 2 is 2.12 bits per heavy atom. The average molecular weight is 348 g/mol. The minimum atomic E-state index is -0.0262. The number of fused-ring (bicyclic) bond motifs is 3. The molecule has 2 aromatic rings. The molecule has 0 fully saturated rings. The standard InChI is InChI=1S/C22H24N2O2/c1-3-23-22(25)19-12-6-11-18-16-9-5-10-17(16)20(24-21(18)19)14-7-4-8-15(13-14)26-2/h4-9,11-13,16-17,20,24H,3,10H2,1-2H3,(H,23,25). The van der Waals surface area contributed by atoms with E-state index in [1.807, 2.05) is 31.2 Å². The lowest BCUT2D eigenvalue weighted by atomic mass is 9.76. The van der Waals surface area contributed by atoms with Crippen LogP contribution in [0.2, 0.25) is 0 Å². The lowest BCUT2D eigenvalue weighted by molar-refractivity contribution is 0.0956. The summed E-state index contributed by atoms with van der Waals surface area (Å²) in [6.45, 7) is 2.56. The van der Waals surface area contributed by atoms with Crippen LogP contribution in [0.3, 0.4) is 0 Å². The number of benzene rings is 2. The molecule has 2 N–H and O–H groups in total. The maximum absolute atomic E-state index is 12.6. The fraction of sp³-hybridized carbons (Fsp3) is 0.318. The van der Waals surface area contributed by atoms with Crippen LogP contribution in [0.5, 0.6) is 5.75 Å². The number of amides is 1. The highest BCUT2D eigenvalue weighted by Crippen LogP contribution is 2.50. The maximum Gasteiger partial charge on any atom is 0.253 e. The summed E-state index contributed by atoms with van der Waals surface area (Å²) >= 11 is 0. The Bertz CT molecular complexity index is 859. The lowest BCUT2D eigenvalue weighted by Gasteiger charge is -2.38. The van der Waals surface area contributed by atoms with Crippen LogP contribution in [-0.2, 0) is 0 Å². The number of anilines is 1. The van der Waals surface area contributed by atoms with E-state index in [1.165, 1.54) is 11.1 Å². The topological polar surface area (TPSA) is 50.4 Å². The smallest absolute Gasteiger partial charge is 0.253 e. The van der Waals surface area contributed by atoms with Crippen molar-refractivity contribution in [2.45, 2.75) is 25.3 Å². The number of hydrogen-bond acceptors (Lipinski definition) is 3. The van der Waals surface area contributed by atoms with Crippen LogP contribution in [-0.4, -0.2) is 19.6 Å². The molecule has 1 aliphatic carbocycles. The van der Waals surface area contributed by atoms with Crippen LogP contribution in [0.1, 0.15) is 46.8 Å². The molecular formula is C22H24N2O2. The van der Waals surface area contributed by atoms with E-state index in [-0.39, 0.29) is 11.9 Å². The highest BCUT2D eigenvalue weighted by molar-refractivity contribution is 6.00. The van der Waals surface area contributed by atoms with Gasteiger partial charge in [0.25, 0.3) is 5.91 Å². The minimum absolute atomic E-state index is 0.0262. The van der Waals surface area contributed by atoms with E-state index in [4.69, 9.17) is 4.74 Å². The largest absolute Gasteiger partial charge is 0.497 e. The number of allylic oxidation sites excluding steroid dienone is 2. The predicted molar refractivity (Wildman–Crippen MR) is 104 cm³/mol. The number of carbonyl (C=O) groups is 1. The van der Waals surface area contributed by atoms with Gasteiger partial charge < -0.3 is 15.4 Å². The molecule has 134 valence electrons. The number of methoxy groups -OCH3 is 1. The Balaban J connectivity index is 1.79. The summed E-state index contributed by atoms with van der Waals surface area (Å²) in [5.41, 5.74) is 4.08. The first-order valence-corrected chi connectivity index (χ1v) is 9.21. The van der Waals surface area contributed by atoms with Crippen molar-refractivity contribution in [1.29, 1.82) is 0 Å². The molecule has 2 aromatic carbocycles. The van der Waals surface area contributed by atoms with Crippen LogP contribution in [0.15, 0.2) is 54.6 Å². The molecular weight excluding hydrogens is 324 g/mol. The van der Waals surface area contributed by atoms with Crippen molar-refractivity contribution < 1.29 is 9.53 Å². The van der Waals surface area contributed by atoms with Crippen molar-refractivity contribution in [3.8, 4) is 5.75 Å². The van der Waals surface area contributed by atoms with Gasteiger partial charge in [0, 0.05) is 12.5 Å². The van der Waals surface area contributed by atoms with E-state index in [2.05, 4.69) is 41.0 Å². The molecule has 1 heterocycles. The van der Waals surface area contributed by atoms with Crippen LogP contribution in [0.25, 0.3) is 0 Å². The van der Waals surface area contributed by atoms with Crippen molar-refractivity contribution in [2.75, 3.05) is 19.0 Å². The second-order valence-corrected chi connectivity index (χ2v) is 6.88. The van der Waals surface area contributed by atoms with Crippen LogP contribution in [0, 0.1) is 5.92 Å². The highest BCUT2D eigenvalue weighted by atomic mass is 16.5. The van der Waals surface area contributed by atoms with Gasteiger partial charge in [-0.3, -0.25) is 4.79 Å². The second-order valence-electron chi connectivity index (χ2n) is 6.88. The van der Waals surface area contributed by atoms with Crippen LogP contribution in [0.4, 0.5) is 5.69 Å². The minimum Gasteiger partial charge on any atom is -0.497 e. The highest BCUT2D eigenvalue weighted by Gasteiger charge is 2.39. The molecule has 4 nitrogen and oxygen atoms in total. The summed E-state index contributed by atoms with van der Waals surface area (Å²) in [5.74, 6) is 1.60. The van der Waals surface area contributed by atoms with Gasteiger partial charge in [0.05, 0.1) is 24.4 Å². The molecule has 1 aliphatic heterocycles. The van der Waals surface area contributed by atoms with Gasteiger partial charge >= 0.3 is 0 Å². The zero-order chi connectivity index (χ0) is 18.1. The van der Waals surface area contributed by atoms with Crippen molar-refractivity contribution in [2.24, 2.45) is 5.92 Å². The summed E-state index contributed by atoms with van der Waals surface area (Å²) in [4.78, 5) is 12.6. The molecule has 0 bridgehead atoms. The third-order valence-electron chi connectivity index (χ3n) is 5.43. The molecule has 1 amide bonds. The summed E-state index contributed by atoms with van der Waals surface area (Å²) in [6.07, 6.45) is 5.58. The fourth-order valence-electron chi connectivity index (χ4n) is 4.23. The third kappa shape index (κ3) is 2.75. The van der Waals surface area contributed by atoms with E-state index in [0.717, 1.165) is 23.4 Å². The van der Waals surface area contributed by atoms with Gasteiger partial charge in [-0.25, -0.2) is 0 Å². The number of nitrogens with one attached hydrogen (secondary N) is 2. The molecule has 0 saturated heterocycles. The van der Waals surface area contributed by atoms with Crippen LogP contribution >= 0.6 is 0 Å². The summed E-state index contributed by atoms with van der Waals surface area (Å²) < 4.78 is 5.41. The normalized spacial score (nSPS) is 22.9. The molecule has 3 atom stereocenters. The molecule has 4 heteroatoms. The van der Waals surface area contributed by atoms with E-state index in [9.17, 15) is 4.79 Å². The number of ether oxygens (including phenoxy) is 1. The van der Waals surface area contributed by atoms with Gasteiger partial charge in [-0.2, -0.15) is 0 Å². The SMILES string of the molecule is CCNC(=O)c1cccc2c1NC(c1cccc(OC)c1)C1CC=CC21. The molecule has 0 aromatic heterocycles. The Labute approximate surface area is 154 Å². The van der Waals surface area contributed by atoms with E-state index in [0.29, 0.717) is 18.4 Å². The van der Waals surface area contributed by atoms with Crippen molar-refractivity contribution in [3.05, 3.63) is 71.3 Å². The number of hydrogen-bond donors (Lipinski definition) is 2. The Kier molecular flexibility index (Phi) is 4.41. The van der Waals surface area contributed by atoms with E-state index in [1.54, 1.807) is 7.11 Å². The van der Waals surface area contributed by atoms with Gasteiger partial charge in [-0.1, -0.05) is 36.4 Å². The number of rotatable bonds is 4. The number of para-hydroxylation sites is 1. The van der Waals surface area contributed by atoms with Gasteiger partial charge in [-0.05, 0) is 48.6 Å². The van der Waals surface area contributed by atoms with Crippen molar-refractivity contribution in [1.82, 2.24) is 5.32 Å². The van der Waals surface area contributed by atoms with Gasteiger partial charge in [-0.15, -0.1) is 0 Å². The molecule has 2 aliphatic rings. The molecule has 0 saturated carbocycles. The second kappa shape index (κ2) is 6.87. The third-order valence-corrected chi connectivity index (χ3v) is 5.43. The zero-order valence-corrected chi connectivity index (χ0v) is 15.2. The Morgan fingerprint density at radius 1 is 1.27 bits per heavy atom. The van der Waals surface area contributed by atoms with E-state index >= 15 is 0 Å². The van der Waals surface area contributed by atoms with Gasteiger partial charge in [0.15, 0.2) is 0 Å². The van der Waals surface area contributed by atoms with Crippen LogP contribution < -0.4 is 15.4 Å². The van der Waals surface area contributed by atoms with Crippen molar-refractivity contribution >= 4 is 11.6 Å². The Hall–Kier alpha value is -2.75. The molecule has 0 radical (unpaired) electrons. The summed E-state index contributed by atoms with van der Waals surface area (Å²) in [6, 6.07) is 14.4. The monoisotopic (exact) mass is 348 g/mol. The summed E-state index contributed by atoms with van der Waals surface area (Å²) in [7, 11) is 1.69. The quantitative estimate of drug-likeness (QED) is 0.811. The molecule has 4 rings (SSSR count). The average Bonchev–Trinajstić information content (AvgIpc) is 3.17. The first-order valence-electron chi connectivity index (χ1n) is 9.21. The zero-order valence-electron chi connectivity index (χ0n) is 15.2. The van der Waals surface area contributed by atoms with Gasteiger partial charge in [0.1, 0.15) is 5.75 Å². The maximum atomic E-state index is 12.6. The molecule has 26 heavy (non-hydrogen) atoms. The van der Waals surface area contributed by atoms with Gasteiger partial charge in [0.2, 0.25) is 0 Å². The first-order chi connectivity index (χ1) is 12.7. The first kappa shape index (κ1) is 16.7. The molecule has 0 spiro atoms. The lowest BCUT2D eigenvalue weighted by Crippen LogP contribution is -2.32. The number of carbonyl (C=O) groups excluding carboxylic acids is 1. The van der Waals surface area contributed by atoms with Crippen molar-refractivity contribution in [3.63, 3.8) is 0 Å². The molecule has 3 unspecified atom stereocenters. The predicted octanol–water partition coefficient (Wildman–Crippen LogP) is 4.27. The summed E-state index contributed by atoms with van der Waals surface area (Å²) in [5, 5.41) is 6.62. The fourth-order valence-corrected chi connectivity index (χ4v) is 4.23. The Morgan fingerprint density at radius 3 is 2.92 bits per heavy atom. The van der Waals surface area contributed by atoms with E-state index < -0.39 is 0 Å².